The van der Waals surface area contributed by atoms with Gasteiger partial charge < -0.3 is 5.32 Å². The third-order valence-corrected chi connectivity index (χ3v) is 5.23. The Kier molecular flexibility index (Phi) is 4.44. The van der Waals surface area contributed by atoms with E-state index in [9.17, 15) is 4.79 Å². The molecule has 140 valence electrons. The Bertz CT molecular complexity index is 952. The topological polar surface area (TPSA) is 73.9 Å². The summed E-state index contributed by atoms with van der Waals surface area (Å²) >= 11 is 0. The molecule has 0 saturated carbocycles. The van der Waals surface area contributed by atoms with Crippen LogP contribution in [0.4, 0.5) is 0 Å². The zero-order valence-corrected chi connectivity index (χ0v) is 16.0. The minimum absolute atomic E-state index is 0.126. The van der Waals surface area contributed by atoms with Gasteiger partial charge in [0.2, 0.25) is 0 Å². The number of carbonyl (C=O) groups excluding carboxylic acids is 1. The highest BCUT2D eigenvalue weighted by molar-refractivity contribution is 6.05. The number of H-pyrrole nitrogens is 1. The molecule has 1 saturated heterocycles. The van der Waals surface area contributed by atoms with Gasteiger partial charge in [0, 0.05) is 54.4 Å². The van der Waals surface area contributed by atoms with Crippen LogP contribution in [0.5, 0.6) is 0 Å². The number of amides is 1. The molecule has 1 amide bonds. The highest BCUT2D eigenvalue weighted by atomic mass is 16.1. The first kappa shape index (κ1) is 17.7. The fourth-order valence-electron chi connectivity index (χ4n) is 3.47. The van der Waals surface area contributed by atoms with E-state index in [0.29, 0.717) is 18.2 Å². The molecule has 1 fully saturated rings. The Hall–Kier alpha value is -2.73. The number of pyridine rings is 1. The highest BCUT2D eigenvalue weighted by Gasteiger charge is 2.34. The van der Waals surface area contributed by atoms with Crippen LogP contribution < -0.4 is 5.32 Å². The molecule has 1 aromatic carbocycles. The van der Waals surface area contributed by atoms with E-state index in [0.717, 1.165) is 35.1 Å². The van der Waals surface area contributed by atoms with Gasteiger partial charge in [-0.1, -0.05) is 12.1 Å². The summed E-state index contributed by atoms with van der Waals surface area (Å²) in [7, 11) is 0. The van der Waals surface area contributed by atoms with Crippen LogP contribution in [-0.2, 0) is 0 Å². The number of hydrogen-bond donors (Lipinski definition) is 2. The van der Waals surface area contributed by atoms with Gasteiger partial charge in [-0.15, -0.1) is 0 Å². The molecule has 0 unspecified atom stereocenters. The second-order valence-corrected chi connectivity index (χ2v) is 8.23. The number of nitrogens with zero attached hydrogens (tertiary/aromatic N) is 3. The number of nitrogens with one attached hydrogen (secondary N) is 2. The smallest absolute Gasteiger partial charge is 0.272 e. The number of hydrogen-bond acceptors (Lipinski definition) is 4. The van der Waals surface area contributed by atoms with E-state index in [2.05, 4.69) is 46.2 Å². The minimum Gasteiger partial charge on any atom is -0.350 e. The Balaban J connectivity index is 1.46. The molecule has 1 aliphatic rings. The van der Waals surface area contributed by atoms with E-state index in [1.54, 1.807) is 6.20 Å². The van der Waals surface area contributed by atoms with Gasteiger partial charge in [0.1, 0.15) is 0 Å². The molecular formula is C21H25N5O. The van der Waals surface area contributed by atoms with Crippen molar-refractivity contribution in [2.75, 3.05) is 19.6 Å². The van der Waals surface area contributed by atoms with Gasteiger partial charge in [-0.05, 0) is 44.5 Å². The third kappa shape index (κ3) is 3.57. The number of carbonyl (C=O) groups is 1. The molecule has 4 rings (SSSR count). The molecule has 2 N–H and O–H groups in total. The number of rotatable bonds is 4. The summed E-state index contributed by atoms with van der Waals surface area (Å²) in [6.07, 6.45) is 3.57. The summed E-state index contributed by atoms with van der Waals surface area (Å²) in [5.74, 6) is 0.378. The first-order chi connectivity index (χ1) is 12.9. The Morgan fingerprint density at radius 2 is 2.07 bits per heavy atom. The lowest BCUT2D eigenvalue weighted by Crippen LogP contribution is -2.58. The first-order valence-electron chi connectivity index (χ1n) is 9.33. The van der Waals surface area contributed by atoms with Crippen molar-refractivity contribution in [3.8, 4) is 11.1 Å². The van der Waals surface area contributed by atoms with E-state index in [1.807, 2.05) is 36.5 Å². The van der Waals surface area contributed by atoms with E-state index in [4.69, 9.17) is 0 Å². The number of fused-ring (bicyclic) bond motifs is 1. The van der Waals surface area contributed by atoms with Crippen LogP contribution in [0.1, 0.15) is 31.3 Å². The quantitative estimate of drug-likeness (QED) is 0.747. The number of aromatic nitrogens is 3. The molecule has 0 radical (unpaired) electrons. The van der Waals surface area contributed by atoms with Gasteiger partial charge in [-0.2, -0.15) is 5.10 Å². The van der Waals surface area contributed by atoms with E-state index in [-0.39, 0.29) is 11.4 Å². The summed E-state index contributed by atoms with van der Waals surface area (Å²) in [5.41, 5.74) is 3.54. The molecule has 3 heterocycles. The second-order valence-electron chi connectivity index (χ2n) is 8.23. The second kappa shape index (κ2) is 6.78. The molecule has 0 aliphatic carbocycles. The van der Waals surface area contributed by atoms with E-state index < -0.39 is 0 Å². The van der Waals surface area contributed by atoms with Gasteiger partial charge in [-0.25, -0.2) is 0 Å². The Morgan fingerprint density at radius 3 is 2.78 bits per heavy atom. The molecule has 0 bridgehead atoms. The monoisotopic (exact) mass is 363 g/mol. The average molecular weight is 363 g/mol. The molecule has 0 atom stereocenters. The van der Waals surface area contributed by atoms with Gasteiger partial charge in [-0.3, -0.25) is 19.8 Å². The number of aromatic amines is 1. The zero-order valence-electron chi connectivity index (χ0n) is 16.0. The van der Waals surface area contributed by atoms with Crippen molar-refractivity contribution in [3.63, 3.8) is 0 Å². The van der Waals surface area contributed by atoms with Crippen LogP contribution in [0.3, 0.4) is 0 Å². The summed E-state index contributed by atoms with van der Waals surface area (Å²) in [5, 5.41) is 11.1. The van der Waals surface area contributed by atoms with Crippen LogP contribution in [0, 0.1) is 5.92 Å². The summed E-state index contributed by atoms with van der Waals surface area (Å²) in [6.45, 7) is 9.39. The third-order valence-electron chi connectivity index (χ3n) is 5.23. The van der Waals surface area contributed by atoms with Gasteiger partial charge in [0.05, 0.1) is 5.52 Å². The normalized spacial score (nSPS) is 15.7. The molecule has 1 aliphatic heterocycles. The maximum atomic E-state index is 12.7. The van der Waals surface area contributed by atoms with Crippen molar-refractivity contribution in [2.45, 2.75) is 26.3 Å². The predicted molar refractivity (Wildman–Crippen MR) is 106 cm³/mol. The standard InChI is InChI=1S/C21H25N5O/c1-21(2,3)26-12-14(13-26)10-23-20(27)19-17-9-15(6-7-18(17)24-25-19)16-5-4-8-22-11-16/h4-9,11,14H,10,12-13H2,1-3H3,(H,23,27)(H,24,25). The Labute approximate surface area is 159 Å². The van der Waals surface area contributed by atoms with Crippen molar-refractivity contribution in [1.29, 1.82) is 0 Å². The van der Waals surface area contributed by atoms with E-state index >= 15 is 0 Å². The van der Waals surface area contributed by atoms with Gasteiger partial charge in [0.25, 0.3) is 5.91 Å². The maximum Gasteiger partial charge on any atom is 0.272 e. The molecule has 6 heteroatoms. The zero-order chi connectivity index (χ0) is 19.0. The van der Waals surface area contributed by atoms with Crippen molar-refractivity contribution in [2.24, 2.45) is 5.92 Å². The highest BCUT2D eigenvalue weighted by Crippen LogP contribution is 2.26. The van der Waals surface area contributed by atoms with Crippen molar-refractivity contribution in [1.82, 2.24) is 25.4 Å². The lowest BCUT2D eigenvalue weighted by molar-refractivity contribution is 0.0148. The van der Waals surface area contributed by atoms with Crippen molar-refractivity contribution >= 4 is 16.8 Å². The number of likely N-dealkylation sites (tertiary alicyclic amines) is 1. The molecule has 27 heavy (non-hydrogen) atoms. The lowest BCUT2D eigenvalue weighted by atomic mass is 9.92. The van der Waals surface area contributed by atoms with Gasteiger partial charge >= 0.3 is 0 Å². The van der Waals surface area contributed by atoms with E-state index in [1.165, 1.54) is 0 Å². The predicted octanol–water partition coefficient (Wildman–Crippen LogP) is 3.09. The summed E-state index contributed by atoms with van der Waals surface area (Å²) < 4.78 is 0. The van der Waals surface area contributed by atoms with Crippen LogP contribution in [0.25, 0.3) is 22.0 Å². The average Bonchev–Trinajstić information content (AvgIpc) is 3.03. The minimum atomic E-state index is -0.126. The fraction of sp³-hybridized carbons (Fsp3) is 0.381. The number of benzene rings is 1. The molecular weight excluding hydrogens is 338 g/mol. The van der Waals surface area contributed by atoms with Gasteiger partial charge in [0.15, 0.2) is 5.69 Å². The van der Waals surface area contributed by atoms with Crippen molar-refractivity contribution < 1.29 is 4.79 Å². The lowest BCUT2D eigenvalue weighted by Gasteiger charge is -2.47. The van der Waals surface area contributed by atoms with Crippen LogP contribution in [-0.4, -0.2) is 51.2 Å². The molecule has 0 spiro atoms. The molecule has 2 aromatic heterocycles. The van der Waals surface area contributed by atoms with Crippen molar-refractivity contribution in [3.05, 3.63) is 48.4 Å². The largest absolute Gasteiger partial charge is 0.350 e. The molecule has 6 nitrogen and oxygen atoms in total. The first-order valence-corrected chi connectivity index (χ1v) is 9.33. The summed E-state index contributed by atoms with van der Waals surface area (Å²) in [4.78, 5) is 19.3. The summed E-state index contributed by atoms with van der Waals surface area (Å²) in [6, 6.07) is 9.87. The fourth-order valence-corrected chi connectivity index (χ4v) is 3.47. The van der Waals surface area contributed by atoms with Crippen LogP contribution >= 0.6 is 0 Å². The SMILES string of the molecule is CC(C)(C)N1CC(CNC(=O)c2n[nH]c3ccc(-c4cccnc4)cc23)C1. The van der Waals surface area contributed by atoms with Crippen LogP contribution in [0.15, 0.2) is 42.7 Å². The molecule has 3 aromatic rings. The maximum absolute atomic E-state index is 12.7. The van der Waals surface area contributed by atoms with Crippen LogP contribution in [0.2, 0.25) is 0 Å². The Morgan fingerprint density at radius 1 is 1.26 bits per heavy atom.